The van der Waals surface area contributed by atoms with Crippen LogP contribution in [0, 0.1) is 13.8 Å². The van der Waals surface area contributed by atoms with Crippen LogP contribution in [0.5, 0.6) is 0 Å². The second-order valence-corrected chi connectivity index (χ2v) is 7.80. The number of amides is 1. The van der Waals surface area contributed by atoms with E-state index in [1.807, 2.05) is 56.1 Å². The van der Waals surface area contributed by atoms with Crippen molar-refractivity contribution in [3.63, 3.8) is 0 Å². The number of piperidine rings is 1. The van der Waals surface area contributed by atoms with Crippen LogP contribution in [0.1, 0.15) is 48.2 Å². The van der Waals surface area contributed by atoms with Gasteiger partial charge in [0.25, 0.3) is 0 Å². The molecule has 1 amide bonds. The molecule has 3 aromatic heterocycles. The van der Waals surface area contributed by atoms with E-state index >= 15 is 0 Å². The number of nitrogens with zero attached hydrogens (tertiary/aromatic N) is 6. The maximum absolute atomic E-state index is 13.0. The third kappa shape index (κ3) is 4.96. The molecule has 3 aromatic rings. The Bertz CT molecular complexity index is 1100. The van der Waals surface area contributed by atoms with Crippen LogP contribution >= 0.6 is 0 Å². The molecular formula is C23H27N7O. The van der Waals surface area contributed by atoms with E-state index in [1.165, 1.54) is 0 Å². The van der Waals surface area contributed by atoms with Crippen molar-refractivity contribution in [2.45, 2.75) is 39.2 Å². The first kappa shape index (κ1) is 20.7. The molecule has 1 aliphatic rings. The van der Waals surface area contributed by atoms with Gasteiger partial charge in [-0.1, -0.05) is 6.07 Å². The Hall–Kier alpha value is -3.55. The van der Waals surface area contributed by atoms with Crippen molar-refractivity contribution in [3.05, 3.63) is 65.5 Å². The maximum Gasteiger partial charge on any atom is 0.247 e. The lowest BCUT2D eigenvalue weighted by atomic mass is 10.0. The van der Waals surface area contributed by atoms with Crippen LogP contribution in [0.15, 0.2) is 42.6 Å². The number of hydrogen-bond donors (Lipinski definition) is 1. The van der Waals surface area contributed by atoms with E-state index in [0.29, 0.717) is 18.2 Å². The SMILES string of the molecule is Cc1cccc(Nc2cc(C)nc([C@@H]3CCCCN3C(=O)/C=C/c3ccnn3C)n2)n1. The highest BCUT2D eigenvalue weighted by molar-refractivity contribution is 5.91. The lowest BCUT2D eigenvalue weighted by Gasteiger charge is -2.34. The number of aryl methyl sites for hydroxylation is 3. The number of likely N-dealkylation sites (tertiary alicyclic amines) is 1. The van der Waals surface area contributed by atoms with Crippen molar-refractivity contribution in [2.75, 3.05) is 11.9 Å². The largest absolute Gasteiger partial charge is 0.329 e. The van der Waals surface area contributed by atoms with Gasteiger partial charge >= 0.3 is 0 Å². The molecule has 0 radical (unpaired) electrons. The third-order valence-electron chi connectivity index (χ3n) is 5.36. The van der Waals surface area contributed by atoms with Crippen molar-refractivity contribution < 1.29 is 4.79 Å². The zero-order valence-corrected chi connectivity index (χ0v) is 18.1. The number of pyridine rings is 1. The molecule has 8 heteroatoms. The molecule has 1 saturated heterocycles. The van der Waals surface area contributed by atoms with E-state index < -0.39 is 0 Å². The molecule has 0 bridgehead atoms. The van der Waals surface area contributed by atoms with Gasteiger partial charge in [-0.15, -0.1) is 0 Å². The Morgan fingerprint density at radius 1 is 1.10 bits per heavy atom. The van der Waals surface area contributed by atoms with Crippen LogP contribution in [-0.4, -0.2) is 42.1 Å². The molecule has 1 aliphatic heterocycles. The van der Waals surface area contributed by atoms with E-state index in [1.54, 1.807) is 23.0 Å². The average Bonchev–Trinajstić information content (AvgIpc) is 3.16. The van der Waals surface area contributed by atoms with Gasteiger partial charge in [0.05, 0.1) is 11.7 Å². The standard InChI is InChI=1S/C23H27N7O/c1-16-7-6-9-20(25-16)27-21-15-17(2)26-23(28-21)19-8-4-5-14-30(19)22(31)11-10-18-12-13-24-29(18)3/h6-7,9-13,15,19H,4-5,8,14H2,1-3H3,(H,25,26,27,28)/b11-10+/t19-/m0/s1. The first-order valence-electron chi connectivity index (χ1n) is 10.5. The summed E-state index contributed by atoms with van der Waals surface area (Å²) < 4.78 is 1.73. The maximum atomic E-state index is 13.0. The summed E-state index contributed by atoms with van der Waals surface area (Å²) in [5.41, 5.74) is 2.66. The lowest BCUT2D eigenvalue weighted by molar-refractivity contribution is -0.129. The highest BCUT2D eigenvalue weighted by Gasteiger charge is 2.29. The Kier molecular flexibility index (Phi) is 6.06. The van der Waals surface area contributed by atoms with Crippen LogP contribution in [0.3, 0.4) is 0 Å². The lowest BCUT2D eigenvalue weighted by Crippen LogP contribution is -2.38. The Balaban J connectivity index is 1.57. The highest BCUT2D eigenvalue weighted by atomic mass is 16.2. The second kappa shape index (κ2) is 9.07. The fraction of sp³-hybridized carbons (Fsp3) is 0.348. The molecule has 31 heavy (non-hydrogen) atoms. The van der Waals surface area contributed by atoms with Crippen molar-refractivity contribution in [3.8, 4) is 0 Å². The quantitative estimate of drug-likeness (QED) is 0.636. The Labute approximate surface area is 182 Å². The zero-order valence-electron chi connectivity index (χ0n) is 18.1. The number of nitrogens with one attached hydrogen (secondary N) is 1. The molecule has 4 heterocycles. The number of aromatic nitrogens is 5. The molecule has 8 nitrogen and oxygen atoms in total. The molecule has 160 valence electrons. The monoisotopic (exact) mass is 417 g/mol. The number of rotatable bonds is 5. The van der Waals surface area contributed by atoms with E-state index in [9.17, 15) is 4.79 Å². The van der Waals surface area contributed by atoms with Gasteiger partial charge in [-0.2, -0.15) is 5.10 Å². The number of carbonyl (C=O) groups excluding carboxylic acids is 1. The molecule has 0 saturated carbocycles. The molecule has 1 N–H and O–H groups in total. The normalized spacial score (nSPS) is 16.6. The molecular weight excluding hydrogens is 390 g/mol. The summed E-state index contributed by atoms with van der Waals surface area (Å²) in [4.78, 5) is 28.8. The zero-order chi connectivity index (χ0) is 21.8. The van der Waals surface area contributed by atoms with Crippen LogP contribution in [0.4, 0.5) is 11.6 Å². The fourth-order valence-electron chi connectivity index (χ4n) is 3.81. The molecule has 0 aromatic carbocycles. The van der Waals surface area contributed by atoms with Gasteiger partial charge in [-0.3, -0.25) is 9.48 Å². The summed E-state index contributed by atoms with van der Waals surface area (Å²) in [6, 6.07) is 9.43. The molecule has 0 unspecified atom stereocenters. The second-order valence-electron chi connectivity index (χ2n) is 7.80. The summed E-state index contributed by atoms with van der Waals surface area (Å²) in [5, 5.41) is 7.41. The van der Waals surface area contributed by atoms with Crippen LogP contribution in [0.2, 0.25) is 0 Å². The summed E-state index contributed by atoms with van der Waals surface area (Å²) in [7, 11) is 1.85. The minimum atomic E-state index is -0.150. The smallest absolute Gasteiger partial charge is 0.247 e. The Morgan fingerprint density at radius 3 is 2.74 bits per heavy atom. The van der Waals surface area contributed by atoms with Gasteiger partial charge in [-0.25, -0.2) is 15.0 Å². The van der Waals surface area contributed by atoms with Crippen molar-refractivity contribution in [2.24, 2.45) is 7.05 Å². The molecule has 4 rings (SSSR count). The van der Waals surface area contributed by atoms with E-state index in [-0.39, 0.29) is 11.9 Å². The van der Waals surface area contributed by atoms with Gasteiger partial charge < -0.3 is 10.2 Å². The van der Waals surface area contributed by atoms with Gasteiger partial charge in [0, 0.05) is 43.3 Å². The number of carbonyl (C=O) groups is 1. The summed E-state index contributed by atoms with van der Waals surface area (Å²) >= 11 is 0. The molecule has 1 fully saturated rings. The van der Waals surface area contributed by atoms with Crippen molar-refractivity contribution >= 4 is 23.6 Å². The van der Waals surface area contributed by atoms with Gasteiger partial charge in [0.15, 0.2) is 5.82 Å². The van der Waals surface area contributed by atoms with E-state index in [4.69, 9.17) is 4.98 Å². The molecule has 0 spiro atoms. The van der Waals surface area contributed by atoms with Gasteiger partial charge in [0.2, 0.25) is 5.91 Å². The molecule has 0 aliphatic carbocycles. The first-order chi connectivity index (χ1) is 15.0. The van der Waals surface area contributed by atoms with E-state index in [0.717, 1.165) is 42.2 Å². The Morgan fingerprint density at radius 2 is 1.97 bits per heavy atom. The third-order valence-corrected chi connectivity index (χ3v) is 5.36. The van der Waals surface area contributed by atoms with Crippen molar-refractivity contribution in [1.29, 1.82) is 0 Å². The van der Waals surface area contributed by atoms with E-state index in [2.05, 4.69) is 20.4 Å². The minimum absolute atomic E-state index is 0.0362. The summed E-state index contributed by atoms with van der Waals surface area (Å²) in [6.07, 6.45) is 7.99. The molecule has 1 atom stereocenters. The topological polar surface area (TPSA) is 88.8 Å². The fourth-order valence-corrected chi connectivity index (χ4v) is 3.81. The summed E-state index contributed by atoms with van der Waals surface area (Å²) in [5.74, 6) is 2.05. The van der Waals surface area contributed by atoms with Gasteiger partial charge in [0.1, 0.15) is 11.6 Å². The summed E-state index contributed by atoms with van der Waals surface area (Å²) in [6.45, 7) is 4.59. The van der Waals surface area contributed by atoms with Crippen LogP contribution < -0.4 is 5.32 Å². The van der Waals surface area contributed by atoms with Crippen LogP contribution in [0.25, 0.3) is 6.08 Å². The van der Waals surface area contributed by atoms with Crippen LogP contribution in [-0.2, 0) is 11.8 Å². The minimum Gasteiger partial charge on any atom is -0.329 e. The number of anilines is 2. The first-order valence-corrected chi connectivity index (χ1v) is 10.5. The average molecular weight is 418 g/mol. The predicted molar refractivity (Wildman–Crippen MR) is 120 cm³/mol. The van der Waals surface area contributed by atoms with Crippen molar-refractivity contribution in [1.82, 2.24) is 29.6 Å². The predicted octanol–water partition coefficient (Wildman–Crippen LogP) is 3.73. The van der Waals surface area contributed by atoms with Gasteiger partial charge in [-0.05, 0) is 57.4 Å². The number of hydrogen-bond acceptors (Lipinski definition) is 6. The highest BCUT2D eigenvalue weighted by Crippen LogP contribution is 2.30.